The van der Waals surface area contributed by atoms with E-state index in [1.807, 2.05) is 0 Å². The summed E-state index contributed by atoms with van der Waals surface area (Å²) >= 11 is 5.56. The summed E-state index contributed by atoms with van der Waals surface area (Å²) in [6, 6.07) is 2.30. The smallest absolute Gasteiger partial charge is 0.200 e. The molecule has 0 atom stereocenters. The van der Waals surface area contributed by atoms with E-state index < -0.39 is 56.8 Å². The van der Waals surface area contributed by atoms with Crippen molar-refractivity contribution in [2.24, 2.45) is 0 Å². The van der Waals surface area contributed by atoms with Crippen LogP contribution in [0.1, 0.15) is 15.9 Å². The lowest BCUT2D eigenvalue weighted by Crippen LogP contribution is -2.14. The van der Waals surface area contributed by atoms with Gasteiger partial charge in [-0.05, 0) is 18.2 Å². The Hall–Kier alpha value is -2.02. The van der Waals surface area contributed by atoms with E-state index in [0.29, 0.717) is 6.07 Å². The number of hydrogen-bond donors (Lipinski definition) is 0. The first-order valence-corrected chi connectivity index (χ1v) is 5.64. The molecule has 110 valence electrons. The monoisotopic (exact) mass is 324 g/mol. The van der Waals surface area contributed by atoms with Crippen LogP contribution in [0.3, 0.4) is 0 Å². The molecule has 0 amide bonds. The largest absolute Gasteiger partial charge is 0.288 e. The van der Waals surface area contributed by atoms with Gasteiger partial charge in [-0.25, -0.2) is 26.3 Å². The molecule has 0 saturated heterocycles. The van der Waals surface area contributed by atoms with E-state index in [1.165, 1.54) is 0 Å². The predicted octanol–water partition coefficient (Wildman–Crippen LogP) is 4.41. The highest BCUT2D eigenvalue weighted by Gasteiger charge is 2.31. The zero-order chi connectivity index (χ0) is 15.9. The lowest BCUT2D eigenvalue weighted by Gasteiger charge is -2.08. The van der Waals surface area contributed by atoms with Gasteiger partial charge in [0.1, 0.15) is 11.4 Å². The summed E-state index contributed by atoms with van der Waals surface area (Å²) in [5.41, 5.74) is -2.42. The highest BCUT2D eigenvalue weighted by molar-refractivity contribution is 6.35. The molecule has 2 aromatic carbocycles. The first-order chi connectivity index (χ1) is 9.75. The van der Waals surface area contributed by atoms with Crippen molar-refractivity contribution >= 4 is 17.4 Å². The lowest BCUT2D eigenvalue weighted by molar-refractivity contribution is 0.102. The number of ketones is 1. The Morgan fingerprint density at radius 1 is 0.810 bits per heavy atom. The maximum absolute atomic E-state index is 13.5. The quantitative estimate of drug-likeness (QED) is 0.346. The van der Waals surface area contributed by atoms with E-state index in [0.717, 1.165) is 12.1 Å². The fourth-order valence-electron chi connectivity index (χ4n) is 1.61. The van der Waals surface area contributed by atoms with Crippen LogP contribution in [0.25, 0.3) is 0 Å². The Labute approximate surface area is 118 Å². The third kappa shape index (κ3) is 2.49. The van der Waals surface area contributed by atoms with Crippen molar-refractivity contribution in [3.8, 4) is 0 Å². The zero-order valence-corrected chi connectivity index (χ0v) is 10.5. The van der Waals surface area contributed by atoms with Crippen molar-refractivity contribution in [3.05, 3.63) is 69.3 Å². The van der Waals surface area contributed by atoms with E-state index >= 15 is 0 Å². The molecule has 2 aromatic rings. The van der Waals surface area contributed by atoms with Gasteiger partial charge in [0.25, 0.3) is 0 Å². The maximum atomic E-state index is 13.5. The molecule has 1 nitrogen and oxygen atoms in total. The summed E-state index contributed by atoms with van der Waals surface area (Å²) in [5.74, 6) is -14.1. The van der Waals surface area contributed by atoms with Gasteiger partial charge in [-0.15, -0.1) is 0 Å². The normalized spacial score (nSPS) is 10.8. The molecule has 0 bridgehead atoms. The molecule has 0 unspecified atom stereocenters. The molecule has 0 aliphatic rings. The van der Waals surface area contributed by atoms with E-state index in [4.69, 9.17) is 11.6 Å². The summed E-state index contributed by atoms with van der Waals surface area (Å²) in [7, 11) is 0. The molecule has 0 heterocycles. The predicted molar refractivity (Wildman–Crippen MR) is 61.1 cm³/mol. The summed E-state index contributed by atoms with van der Waals surface area (Å²) in [5, 5.41) is -0.398. The van der Waals surface area contributed by atoms with E-state index in [1.54, 1.807) is 0 Å². The Morgan fingerprint density at radius 3 is 1.81 bits per heavy atom. The minimum Gasteiger partial charge on any atom is -0.288 e. The van der Waals surface area contributed by atoms with Crippen molar-refractivity contribution in [1.82, 2.24) is 0 Å². The third-order valence-electron chi connectivity index (χ3n) is 2.61. The Bertz CT molecular complexity index is 730. The third-order valence-corrected chi connectivity index (χ3v) is 2.94. The van der Waals surface area contributed by atoms with Crippen molar-refractivity contribution in [3.63, 3.8) is 0 Å². The summed E-state index contributed by atoms with van der Waals surface area (Å²) in [6.45, 7) is 0. The van der Waals surface area contributed by atoms with Gasteiger partial charge in [0.2, 0.25) is 11.6 Å². The Balaban J connectivity index is 2.73. The van der Waals surface area contributed by atoms with Crippen LogP contribution in [0, 0.1) is 34.9 Å². The Morgan fingerprint density at radius 2 is 1.29 bits per heavy atom. The number of rotatable bonds is 2. The van der Waals surface area contributed by atoms with Crippen LogP contribution < -0.4 is 0 Å². The van der Waals surface area contributed by atoms with Crippen LogP contribution in [0.15, 0.2) is 18.2 Å². The average Bonchev–Trinajstić information content (AvgIpc) is 2.45. The second kappa shape index (κ2) is 5.40. The van der Waals surface area contributed by atoms with Crippen LogP contribution in [0.5, 0.6) is 0 Å². The van der Waals surface area contributed by atoms with Gasteiger partial charge >= 0.3 is 0 Å². The summed E-state index contributed by atoms with van der Waals surface area (Å²) in [6.07, 6.45) is 0. The topological polar surface area (TPSA) is 17.1 Å². The molecular weight excluding hydrogens is 322 g/mol. The zero-order valence-electron chi connectivity index (χ0n) is 9.79. The van der Waals surface area contributed by atoms with Gasteiger partial charge < -0.3 is 0 Å². The SMILES string of the molecule is O=C(c1cc(F)ccc1Cl)c1c(F)c(F)c(F)c(F)c1F. The van der Waals surface area contributed by atoms with Gasteiger partial charge in [0.05, 0.1) is 5.02 Å². The second-order valence-corrected chi connectivity index (χ2v) is 4.31. The van der Waals surface area contributed by atoms with Gasteiger partial charge in [0, 0.05) is 5.56 Å². The fourth-order valence-corrected chi connectivity index (χ4v) is 1.81. The van der Waals surface area contributed by atoms with Crippen LogP contribution in [0.2, 0.25) is 5.02 Å². The molecule has 0 saturated carbocycles. The summed E-state index contributed by atoms with van der Waals surface area (Å²) < 4.78 is 79.0. The highest BCUT2D eigenvalue weighted by atomic mass is 35.5. The van der Waals surface area contributed by atoms with Gasteiger partial charge in [0.15, 0.2) is 23.3 Å². The molecule has 8 heteroatoms. The standard InChI is InChI=1S/C13H3ClF6O/c14-6-2-1-4(15)3-5(6)13(21)7-8(16)10(18)12(20)11(19)9(7)17/h1-3H. The molecular formula is C13H3ClF6O. The highest BCUT2D eigenvalue weighted by Crippen LogP contribution is 2.27. The minimum atomic E-state index is -2.40. The first kappa shape index (κ1) is 15.4. The second-order valence-electron chi connectivity index (χ2n) is 3.90. The number of carbonyl (C=O) groups is 1. The van der Waals surface area contributed by atoms with Crippen LogP contribution >= 0.6 is 11.6 Å². The molecule has 0 spiro atoms. The molecule has 2 rings (SSSR count). The van der Waals surface area contributed by atoms with Crippen molar-refractivity contribution in [1.29, 1.82) is 0 Å². The number of benzene rings is 2. The van der Waals surface area contributed by atoms with Gasteiger partial charge in [-0.3, -0.25) is 4.79 Å². The fraction of sp³-hybridized carbons (Fsp3) is 0. The first-order valence-electron chi connectivity index (χ1n) is 5.27. The number of hydrogen-bond acceptors (Lipinski definition) is 1. The van der Waals surface area contributed by atoms with Crippen molar-refractivity contribution in [2.75, 3.05) is 0 Å². The molecule has 0 radical (unpaired) electrons. The van der Waals surface area contributed by atoms with E-state index in [9.17, 15) is 31.1 Å². The van der Waals surface area contributed by atoms with Crippen LogP contribution in [-0.2, 0) is 0 Å². The van der Waals surface area contributed by atoms with Crippen LogP contribution in [-0.4, -0.2) is 5.78 Å². The van der Waals surface area contributed by atoms with Crippen molar-refractivity contribution < 1.29 is 31.1 Å². The van der Waals surface area contributed by atoms with E-state index in [2.05, 4.69) is 0 Å². The van der Waals surface area contributed by atoms with Crippen molar-refractivity contribution in [2.45, 2.75) is 0 Å². The van der Waals surface area contributed by atoms with E-state index in [-0.39, 0.29) is 0 Å². The molecule has 0 N–H and O–H groups in total. The molecule has 0 aliphatic carbocycles. The maximum Gasteiger partial charge on any atom is 0.200 e. The molecule has 0 fully saturated rings. The summed E-state index contributed by atoms with van der Waals surface area (Å²) in [4.78, 5) is 11.9. The average molecular weight is 325 g/mol. The molecule has 0 aromatic heterocycles. The van der Waals surface area contributed by atoms with Crippen LogP contribution in [0.4, 0.5) is 26.3 Å². The lowest BCUT2D eigenvalue weighted by atomic mass is 10.0. The molecule has 0 aliphatic heterocycles. The Kier molecular flexibility index (Phi) is 3.95. The van der Waals surface area contributed by atoms with Gasteiger partial charge in [-0.2, -0.15) is 0 Å². The molecule has 21 heavy (non-hydrogen) atoms. The number of halogens is 7. The number of carbonyl (C=O) groups excluding carboxylic acids is 1. The minimum absolute atomic E-state index is 0.398. The van der Waals surface area contributed by atoms with Gasteiger partial charge in [-0.1, -0.05) is 11.6 Å².